The minimum Gasteiger partial charge on any atom is -0.393 e. The highest BCUT2D eigenvalue weighted by Gasteiger charge is 2.30. The van der Waals surface area contributed by atoms with Gasteiger partial charge in [-0.25, -0.2) is 0 Å². The van der Waals surface area contributed by atoms with Gasteiger partial charge in [0.2, 0.25) is 0 Å². The molecule has 132 valence electrons. The van der Waals surface area contributed by atoms with Gasteiger partial charge in [-0.2, -0.15) is 0 Å². The maximum atomic E-state index is 10.2. The summed E-state index contributed by atoms with van der Waals surface area (Å²) >= 11 is 2.23. The highest BCUT2D eigenvalue weighted by Crippen LogP contribution is 2.32. The first-order valence-electron chi connectivity index (χ1n) is 8.54. The molecule has 2 heterocycles. The first-order chi connectivity index (χ1) is 11.0. The molecule has 4 nitrogen and oxygen atoms in total. The molecule has 23 heavy (non-hydrogen) atoms. The van der Waals surface area contributed by atoms with E-state index in [9.17, 15) is 5.11 Å². The number of halogens is 1. The average molecular weight is 436 g/mol. The Labute approximate surface area is 153 Å². The molecular formula is C18H29IO4. The van der Waals surface area contributed by atoms with E-state index in [1.54, 1.807) is 0 Å². The SMILES string of the molecule is C=C(I)C(C)C[C@H](O)CC[C@@H]1O[C@@H](CCC2OCCO2)CC1=C. The predicted molar refractivity (Wildman–Crippen MR) is 99.5 cm³/mol. The number of aliphatic hydroxyl groups excluding tert-OH is 1. The van der Waals surface area contributed by atoms with Crippen molar-refractivity contribution in [2.75, 3.05) is 13.2 Å². The van der Waals surface area contributed by atoms with Gasteiger partial charge in [-0.15, -0.1) is 0 Å². The van der Waals surface area contributed by atoms with Gasteiger partial charge in [-0.05, 0) is 69.8 Å². The van der Waals surface area contributed by atoms with Crippen molar-refractivity contribution in [2.45, 2.75) is 70.1 Å². The molecule has 0 spiro atoms. The van der Waals surface area contributed by atoms with E-state index in [-0.39, 0.29) is 24.6 Å². The number of ether oxygens (including phenoxy) is 3. The molecule has 0 aromatic rings. The number of rotatable bonds is 9. The molecule has 2 rings (SSSR count). The van der Waals surface area contributed by atoms with Crippen LogP contribution in [0.15, 0.2) is 22.3 Å². The van der Waals surface area contributed by atoms with Crippen molar-refractivity contribution in [3.8, 4) is 0 Å². The van der Waals surface area contributed by atoms with Crippen LogP contribution in [0.3, 0.4) is 0 Å². The molecule has 0 radical (unpaired) electrons. The summed E-state index contributed by atoms with van der Waals surface area (Å²) < 4.78 is 18.1. The molecule has 0 bridgehead atoms. The molecule has 0 aromatic heterocycles. The molecule has 2 aliphatic rings. The van der Waals surface area contributed by atoms with Crippen molar-refractivity contribution in [3.63, 3.8) is 0 Å². The van der Waals surface area contributed by atoms with Gasteiger partial charge >= 0.3 is 0 Å². The van der Waals surface area contributed by atoms with Crippen LogP contribution in [-0.4, -0.2) is 42.9 Å². The summed E-state index contributed by atoms with van der Waals surface area (Å²) in [6.07, 6.45) is 5.02. The third-order valence-electron chi connectivity index (χ3n) is 4.64. The monoisotopic (exact) mass is 436 g/mol. The van der Waals surface area contributed by atoms with Gasteiger partial charge in [0.05, 0.1) is 31.5 Å². The van der Waals surface area contributed by atoms with Crippen LogP contribution in [0.25, 0.3) is 0 Å². The summed E-state index contributed by atoms with van der Waals surface area (Å²) in [5.41, 5.74) is 1.15. The zero-order chi connectivity index (χ0) is 16.8. The zero-order valence-electron chi connectivity index (χ0n) is 14.0. The summed E-state index contributed by atoms with van der Waals surface area (Å²) in [4.78, 5) is 0. The molecule has 2 aliphatic heterocycles. The summed E-state index contributed by atoms with van der Waals surface area (Å²) in [7, 11) is 0. The number of hydrogen-bond acceptors (Lipinski definition) is 4. The van der Waals surface area contributed by atoms with E-state index in [2.05, 4.69) is 42.7 Å². The topological polar surface area (TPSA) is 47.9 Å². The van der Waals surface area contributed by atoms with Crippen LogP contribution in [0.1, 0.15) is 45.4 Å². The third-order valence-corrected chi connectivity index (χ3v) is 5.70. The lowest BCUT2D eigenvalue weighted by atomic mass is 9.97. The molecule has 2 fully saturated rings. The lowest BCUT2D eigenvalue weighted by Gasteiger charge is -2.19. The smallest absolute Gasteiger partial charge is 0.157 e. The van der Waals surface area contributed by atoms with E-state index in [4.69, 9.17) is 14.2 Å². The molecule has 1 unspecified atom stereocenters. The predicted octanol–water partition coefficient (Wildman–Crippen LogP) is 3.97. The van der Waals surface area contributed by atoms with Crippen LogP contribution in [0, 0.1) is 5.92 Å². The Morgan fingerprint density at radius 1 is 1.30 bits per heavy atom. The van der Waals surface area contributed by atoms with Crippen LogP contribution < -0.4 is 0 Å². The standard InChI is InChI=1S/C18H29IO4/c1-12(14(3)19)10-15(20)4-6-17-13(2)11-16(23-17)5-7-18-21-8-9-22-18/h12,15-18,20H,2-11H2,1H3/t12?,15-,16+,17+/m1/s1. The lowest BCUT2D eigenvalue weighted by molar-refractivity contribution is -0.0589. The Morgan fingerprint density at radius 3 is 2.65 bits per heavy atom. The van der Waals surface area contributed by atoms with Crippen molar-refractivity contribution in [1.29, 1.82) is 0 Å². The summed E-state index contributed by atoms with van der Waals surface area (Å²) in [5.74, 6) is 0.345. The van der Waals surface area contributed by atoms with E-state index in [1.165, 1.54) is 0 Å². The van der Waals surface area contributed by atoms with E-state index >= 15 is 0 Å². The van der Waals surface area contributed by atoms with Gasteiger partial charge in [0.15, 0.2) is 6.29 Å². The van der Waals surface area contributed by atoms with Crippen molar-refractivity contribution in [1.82, 2.24) is 0 Å². The van der Waals surface area contributed by atoms with E-state index in [0.29, 0.717) is 19.1 Å². The molecule has 5 heteroatoms. The number of hydrogen-bond donors (Lipinski definition) is 1. The van der Waals surface area contributed by atoms with Gasteiger partial charge in [0.1, 0.15) is 0 Å². The third kappa shape index (κ3) is 6.46. The normalized spacial score (nSPS) is 28.2. The van der Waals surface area contributed by atoms with E-state index < -0.39 is 0 Å². The van der Waals surface area contributed by atoms with Gasteiger partial charge in [-0.3, -0.25) is 0 Å². The van der Waals surface area contributed by atoms with Gasteiger partial charge in [0.25, 0.3) is 0 Å². The molecule has 1 N–H and O–H groups in total. The average Bonchev–Trinajstić information content (AvgIpc) is 3.12. The fourth-order valence-electron chi connectivity index (χ4n) is 3.14. The van der Waals surface area contributed by atoms with Gasteiger partial charge in [-0.1, -0.05) is 20.1 Å². The molecule has 0 aromatic carbocycles. The zero-order valence-corrected chi connectivity index (χ0v) is 16.2. The van der Waals surface area contributed by atoms with Gasteiger partial charge in [0, 0.05) is 6.42 Å². The molecule has 0 saturated carbocycles. The number of aliphatic hydroxyl groups is 1. The quantitative estimate of drug-likeness (QED) is 0.439. The molecule has 2 saturated heterocycles. The van der Waals surface area contributed by atoms with E-state index in [1.807, 2.05) is 0 Å². The second-order valence-electron chi connectivity index (χ2n) is 6.67. The summed E-state index contributed by atoms with van der Waals surface area (Å²) in [5, 5.41) is 10.2. The second-order valence-corrected chi connectivity index (χ2v) is 8.06. The highest BCUT2D eigenvalue weighted by atomic mass is 127. The van der Waals surface area contributed by atoms with Crippen molar-refractivity contribution in [2.24, 2.45) is 5.92 Å². The minimum absolute atomic E-state index is 0.0596. The molecule has 4 atom stereocenters. The summed E-state index contributed by atoms with van der Waals surface area (Å²) in [6, 6.07) is 0. The summed E-state index contributed by atoms with van der Waals surface area (Å²) in [6.45, 7) is 11.6. The van der Waals surface area contributed by atoms with Crippen molar-refractivity contribution >= 4 is 22.6 Å². The highest BCUT2D eigenvalue weighted by molar-refractivity contribution is 14.1. The first-order valence-corrected chi connectivity index (χ1v) is 9.62. The minimum atomic E-state index is -0.299. The lowest BCUT2D eigenvalue weighted by Crippen LogP contribution is -2.18. The molecular weight excluding hydrogens is 407 g/mol. The fourth-order valence-corrected chi connectivity index (χ4v) is 3.39. The Hall–Kier alpha value is 0.0500. The largest absolute Gasteiger partial charge is 0.393 e. The van der Waals surface area contributed by atoms with E-state index in [0.717, 1.165) is 47.7 Å². The van der Waals surface area contributed by atoms with Crippen LogP contribution in [0.2, 0.25) is 0 Å². The van der Waals surface area contributed by atoms with Crippen LogP contribution in [0.5, 0.6) is 0 Å². The Kier molecular flexibility index (Phi) is 8.01. The Bertz CT molecular complexity index is 406. The van der Waals surface area contributed by atoms with Crippen LogP contribution in [0.4, 0.5) is 0 Å². The fraction of sp³-hybridized carbons (Fsp3) is 0.778. The molecule has 0 aliphatic carbocycles. The van der Waals surface area contributed by atoms with Crippen LogP contribution in [-0.2, 0) is 14.2 Å². The number of allylic oxidation sites excluding steroid dienone is 1. The Balaban J connectivity index is 1.65. The van der Waals surface area contributed by atoms with Crippen molar-refractivity contribution < 1.29 is 19.3 Å². The molecule has 0 amide bonds. The maximum Gasteiger partial charge on any atom is 0.157 e. The second kappa shape index (κ2) is 9.51. The van der Waals surface area contributed by atoms with Gasteiger partial charge < -0.3 is 19.3 Å². The first kappa shape index (κ1) is 19.4. The Morgan fingerprint density at radius 2 is 2.00 bits per heavy atom. The van der Waals surface area contributed by atoms with Crippen molar-refractivity contribution in [3.05, 3.63) is 22.3 Å². The van der Waals surface area contributed by atoms with Crippen LogP contribution >= 0.6 is 22.6 Å². The maximum absolute atomic E-state index is 10.2.